The van der Waals surface area contributed by atoms with Crippen molar-refractivity contribution in [2.45, 2.75) is 33.6 Å². The van der Waals surface area contributed by atoms with E-state index in [0.717, 1.165) is 5.69 Å². The lowest BCUT2D eigenvalue weighted by molar-refractivity contribution is 0.0596. The second-order valence-corrected chi connectivity index (χ2v) is 4.14. The Labute approximate surface area is 94.6 Å². The number of aromatic amines is 1. The summed E-state index contributed by atoms with van der Waals surface area (Å²) in [4.78, 5) is 26.7. The standard InChI is InChI=1S/C12H17NO3/c1-6(2)10-9(12(15)16-5)11(14)7(3)8(4)13-10/h6H,1-5H3,(H,13,14). The summed E-state index contributed by atoms with van der Waals surface area (Å²) < 4.78 is 4.64. The summed E-state index contributed by atoms with van der Waals surface area (Å²) in [6, 6.07) is 0. The van der Waals surface area contributed by atoms with Crippen LogP contribution in [0.5, 0.6) is 0 Å². The minimum atomic E-state index is -0.576. The zero-order valence-corrected chi connectivity index (χ0v) is 10.3. The number of hydrogen-bond acceptors (Lipinski definition) is 3. The zero-order valence-electron chi connectivity index (χ0n) is 10.3. The Hall–Kier alpha value is -1.58. The summed E-state index contributed by atoms with van der Waals surface area (Å²) in [7, 11) is 1.28. The van der Waals surface area contributed by atoms with Gasteiger partial charge in [-0.3, -0.25) is 4.79 Å². The maximum Gasteiger partial charge on any atom is 0.343 e. The van der Waals surface area contributed by atoms with E-state index in [1.807, 2.05) is 20.8 Å². The molecule has 4 heteroatoms. The van der Waals surface area contributed by atoms with Crippen molar-refractivity contribution in [3.63, 3.8) is 0 Å². The first-order valence-corrected chi connectivity index (χ1v) is 5.21. The molecule has 0 aliphatic heterocycles. The van der Waals surface area contributed by atoms with Crippen LogP contribution >= 0.6 is 0 Å². The fourth-order valence-corrected chi connectivity index (χ4v) is 1.58. The van der Waals surface area contributed by atoms with Gasteiger partial charge in [0.1, 0.15) is 5.56 Å². The van der Waals surface area contributed by atoms with Crippen LogP contribution in [-0.4, -0.2) is 18.1 Å². The smallest absolute Gasteiger partial charge is 0.343 e. The lowest BCUT2D eigenvalue weighted by atomic mass is 10.0. The summed E-state index contributed by atoms with van der Waals surface area (Å²) >= 11 is 0. The fourth-order valence-electron chi connectivity index (χ4n) is 1.58. The first-order valence-electron chi connectivity index (χ1n) is 5.21. The van der Waals surface area contributed by atoms with Crippen LogP contribution in [0.2, 0.25) is 0 Å². The Kier molecular flexibility index (Phi) is 3.52. The monoisotopic (exact) mass is 223 g/mol. The molecular formula is C12H17NO3. The first-order chi connectivity index (χ1) is 7.40. The highest BCUT2D eigenvalue weighted by Gasteiger charge is 2.21. The van der Waals surface area contributed by atoms with Crippen molar-refractivity contribution >= 4 is 5.97 Å². The number of methoxy groups -OCH3 is 1. The van der Waals surface area contributed by atoms with Gasteiger partial charge in [-0.25, -0.2) is 4.79 Å². The number of carbonyl (C=O) groups is 1. The van der Waals surface area contributed by atoms with Crippen LogP contribution in [-0.2, 0) is 4.74 Å². The van der Waals surface area contributed by atoms with E-state index in [9.17, 15) is 9.59 Å². The van der Waals surface area contributed by atoms with Crippen molar-refractivity contribution < 1.29 is 9.53 Å². The molecule has 0 aromatic carbocycles. The predicted octanol–water partition coefficient (Wildman–Crippen LogP) is 1.90. The normalized spacial score (nSPS) is 10.6. The number of carbonyl (C=O) groups excluding carboxylic acids is 1. The lowest BCUT2D eigenvalue weighted by Crippen LogP contribution is -2.24. The summed E-state index contributed by atoms with van der Waals surface area (Å²) in [6.07, 6.45) is 0. The van der Waals surface area contributed by atoms with Crippen LogP contribution in [0, 0.1) is 13.8 Å². The maximum absolute atomic E-state index is 12.0. The molecule has 0 fully saturated rings. The Balaban J connectivity index is 3.61. The van der Waals surface area contributed by atoms with Gasteiger partial charge in [0.15, 0.2) is 5.43 Å². The topological polar surface area (TPSA) is 59.2 Å². The molecule has 0 aliphatic rings. The Morgan fingerprint density at radius 1 is 1.31 bits per heavy atom. The van der Waals surface area contributed by atoms with Crippen molar-refractivity contribution in [1.29, 1.82) is 0 Å². The molecule has 1 aromatic heterocycles. The van der Waals surface area contributed by atoms with Crippen molar-refractivity contribution in [1.82, 2.24) is 4.98 Å². The number of esters is 1. The van der Waals surface area contributed by atoms with Gasteiger partial charge < -0.3 is 9.72 Å². The number of pyridine rings is 1. The van der Waals surface area contributed by atoms with E-state index in [-0.39, 0.29) is 16.9 Å². The number of rotatable bonds is 2. The summed E-state index contributed by atoms with van der Waals surface area (Å²) in [5.74, 6) is -0.505. The van der Waals surface area contributed by atoms with E-state index in [0.29, 0.717) is 11.3 Å². The summed E-state index contributed by atoms with van der Waals surface area (Å²) in [6.45, 7) is 7.37. The molecule has 1 rings (SSSR count). The maximum atomic E-state index is 12.0. The fraction of sp³-hybridized carbons (Fsp3) is 0.500. The molecule has 0 amide bonds. The van der Waals surface area contributed by atoms with Crippen molar-refractivity contribution in [2.24, 2.45) is 0 Å². The highest BCUT2D eigenvalue weighted by molar-refractivity contribution is 5.90. The van der Waals surface area contributed by atoms with Gasteiger partial charge in [0.05, 0.1) is 7.11 Å². The van der Waals surface area contributed by atoms with Gasteiger partial charge in [0.25, 0.3) is 0 Å². The number of H-pyrrole nitrogens is 1. The largest absolute Gasteiger partial charge is 0.465 e. The summed E-state index contributed by atoms with van der Waals surface area (Å²) in [5, 5.41) is 0. The molecule has 88 valence electrons. The molecule has 16 heavy (non-hydrogen) atoms. The third kappa shape index (κ3) is 2.01. The van der Waals surface area contributed by atoms with Gasteiger partial charge in [0.2, 0.25) is 0 Å². The van der Waals surface area contributed by atoms with Crippen LogP contribution in [0.1, 0.15) is 47.1 Å². The van der Waals surface area contributed by atoms with Crippen molar-refractivity contribution in [2.75, 3.05) is 7.11 Å². The molecule has 0 saturated carbocycles. The number of ether oxygens (including phenoxy) is 1. The van der Waals surface area contributed by atoms with Crippen molar-refractivity contribution in [3.8, 4) is 0 Å². The van der Waals surface area contributed by atoms with E-state index in [2.05, 4.69) is 9.72 Å². The van der Waals surface area contributed by atoms with Crippen LogP contribution in [0.25, 0.3) is 0 Å². The molecule has 1 aromatic rings. The molecule has 0 atom stereocenters. The highest BCUT2D eigenvalue weighted by Crippen LogP contribution is 2.17. The van der Waals surface area contributed by atoms with Crippen LogP contribution < -0.4 is 5.43 Å². The predicted molar refractivity (Wildman–Crippen MR) is 62.0 cm³/mol. The second kappa shape index (κ2) is 4.51. The molecule has 1 N–H and O–H groups in total. The van der Waals surface area contributed by atoms with Gasteiger partial charge in [0, 0.05) is 17.0 Å². The number of aromatic nitrogens is 1. The number of nitrogens with one attached hydrogen (secondary N) is 1. The van der Waals surface area contributed by atoms with Gasteiger partial charge >= 0.3 is 5.97 Å². The van der Waals surface area contributed by atoms with Crippen LogP contribution in [0.15, 0.2) is 4.79 Å². The Morgan fingerprint density at radius 3 is 2.31 bits per heavy atom. The minimum Gasteiger partial charge on any atom is -0.465 e. The molecule has 0 saturated heterocycles. The van der Waals surface area contributed by atoms with E-state index < -0.39 is 5.97 Å². The van der Waals surface area contributed by atoms with E-state index >= 15 is 0 Å². The molecule has 0 radical (unpaired) electrons. The number of aryl methyl sites for hydroxylation is 1. The third-order valence-electron chi connectivity index (χ3n) is 2.69. The summed E-state index contributed by atoms with van der Waals surface area (Å²) in [5.41, 5.74) is 1.87. The zero-order chi connectivity index (χ0) is 12.5. The molecular weight excluding hydrogens is 206 g/mol. The molecule has 0 spiro atoms. The lowest BCUT2D eigenvalue weighted by Gasteiger charge is -2.13. The van der Waals surface area contributed by atoms with Gasteiger partial charge in [-0.2, -0.15) is 0 Å². The molecule has 0 bridgehead atoms. The average Bonchev–Trinajstić information content (AvgIpc) is 2.24. The first kappa shape index (κ1) is 12.5. The Bertz CT molecular complexity index is 472. The highest BCUT2D eigenvalue weighted by atomic mass is 16.5. The quantitative estimate of drug-likeness (QED) is 0.779. The Morgan fingerprint density at radius 2 is 1.88 bits per heavy atom. The van der Waals surface area contributed by atoms with Crippen molar-refractivity contribution in [3.05, 3.63) is 32.7 Å². The minimum absolute atomic E-state index is 0.0705. The van der Waals surface area contributed by atoms with Gasteiger partial charge in [-0.05, 0) is 19.8 Å². The average molecular weight is 223 g/mol. The van der Waals surface area contributed by atoms with Crippen LogP contribution in [0.3, 0.4) is 0 Å². The van der Waals surface area contributed by atoms with E-state index in [4.69, 9.17) is 0 Å². The van der Waals surface area contributed by atoms with Gasteiger partial charge in [-0.1, -0.05) is 13.8 Å². The SMILES string of the molecule is COC(=O)c1c(C(C)C)[nH]c(C)c(C)c1=O. The van der Waals surface area contributed by atoms with E-state index in [1.54, 1.807) is 6.92 Å². The third-order valence-corrected chi connectivity index (χ3v) is 2.69. The second-order valence-electron chi connectivity index (χ2n) is 4.14. The van der Waals surface area contributed by atoms with Gasteiger partial charge in [-0.15, -0.1) is 0 Å². The molecule has 0 unspecified atom stereocenters. The van der Waals surface area contributed by atoms with Crippen LogP contribution in [0.4, 0.5) is 0 Å². The molecule has 1 heterocycles. The number of hydrogen-bond donors (Lipinski definition) is 1. The van der Waals surface area contributed by atoms with E-state index in [1.165, 1.54) is 7.11 Å². The molecule has 0 aliphatic carbocycles. The molecule has 4 nitrogen and oxygen atoms in total.